The monoisotopic (exact) mass is 350 g/mol. The third-order valence-electron chi connectivity index (χ3n) is 3.30. The van der Waals surface area contributed by atoms with E-state index >= 15 is 0 Å². The van der Waals surface area contributed by atoms with Gasteiger partial charge in [-0.2, -0.15) is 0 Å². The number of methoxy groups -OCH3 is 2. The Morgan fingerprint density at radius 3 is 2.21 bits per heavy atom. The van der Waals surface area contributed by atoms with Crippen molar-refractivity contribution in [2.45, 2.75) is 4.90 Å². The molecule has 0 aliphatic heterocycles. The standard InChI is InChI=1S/C16H18N2O5S/c1-22-12-7-9-13(10-8-12)24(20,21)18(11-16(17)19)14-5-3-4-6-15(14)23-2/h3-10H,11H2,1-2H3,(H2,17,19). The highest BCUT2D eigenvalue weighted by Crippen LogP contribution is 2.32. The van der Waals surface area contributed by atoms with Gasteiger partial charge in [0.05, 0.1) is 24.8 Å². The van der Waals surface area contributed by atoms with E-state index in [1.165, 1.54) is 38.5 Å². The fourth-order valence-electron chi connectivity index (χ4n) is 2.15. The summed E-state index contributed by atoms with van der Waals surface area (Å²) in [6.45, 7) is -0.505. The maximum Gasteiger partial charge on any atom is 0.264 e. The number of benzene rings is 2. The van der Waals surface area contributed by atoms with Gasteiger partial charge in [-0.05, 0) is 36.4 Å². The van der Waals surface area contributed by atoms with Gasteiger partial charge in [-0.1, -0.05) is 12.1 Å². The third-order valence-corrected chi connectivity index (χ3v) is 5.07. The summed E-state index contributed by atoms with van der Waals surface area (Å²) in [6.07, 6.45) is 0. The van der Waals surface area contributed by atoms with Gasteiger partial charge in [0.25, 0.3) is 10.0 Å². The Bertz CT molecular complexity index is 819. The van der Waals surface area contributed by atoms with E-state index in [1.807, 2.05) is 0 Å². The molecule has 0 bridgehead atoms. The van der Waals surface area contributed by atoms with Crippen molar-refractivity contribution in [3.05, 3.63) is 48.5 Å². The second kappa shape index (κ2) is 7.22. The highest BCUT2D eigenvalue weighted by molar-refractivity contribution is 7.92. The second-order valence-electron chi connectivity index (χ2n) is 4.83. The first kappa shape index (κ1) is 17.6. The summed E-state index contributed by atoms with van der Waals surface area (Å²) < 4.78 is 37.1. The van der Waals surface area contributed by atoms with Crippen LogP contribution in [0.1, 0.15) is 0 Å². The molecule has 0 heterocycles. The lowest BCUT2D eigenvalue weighted by molar-refractivity contribution is -0.116. The number of amides is 1. The number of nitrogens with two attached hydrogens (primary N) is 1. The maximum atomic E-state index is 13.0. The van der Waals surface area contributed by atoms with E-state index in [0.717, 1.165) is 4.31 Å². The minimum Gasteiger partial charge on any atom is -0.497 e. The van der Waals surface area contributed by atoms with Gasteiger partial charge in [-0.15, -0.1) is 0 Å². The van der Waals surface area contributed by atoms with E-state index in [2.05, 4.69) is 0 Å². The molecule has 0 aliphatic carbocycles. The highest BCUT2D eigenvalue weighted by Gasteiger charge is 2.28. The number of carbonyl (C=O) groups excluding carboxylic acids is 1. The molecule has 0 saturated heterocycles. The Hall–Kier alpha value is -2.74. The fourth-order valence-corrected chi connectivity index (χ4v) is 3.59. The summed E-state index contributed by atoms with van der Waals surface area (Å²) in [4.78, 5) is 11.4. The molecule has 0 radical (unpaired) electrons. The topological polar surface area (TPSA) is 98.9 Å². The molecular formula is C16H18N2O5S. The molecule has 0 saturated carbocycles. The molecule has 0 unspecified atom stereocenters. The van der Waals surface area contributed by atoms with Crippen LogP contribution >= 0.6 is 0 Å². The third kappa shape index (κ3) is 3.60. The van der Waals surface area contributed by atoms with E-state index in [-0.39, 0.29) is 10.6 Å². The molecule has 1 amide bonds. The molecule has 0 aromatic heterocycles. The summed E-state index contributed by atoms with van der Waals surface area (Å²) in [5, 5.41) is 0. The van der Waals surface area contributed by atoms with E-state index in [9.17, 15) is 13.2 Å². The number of hydrogen-bond donors (Lipinski definition) is 1. The Morgan fingerprint density at radius 1 is 1.04 bits per heavy atom. The summed E-state index contributed by atoms with van der Waals surface area (Å²) in [7, 11) is -1.11. The molecule has 7 nitrogen and oxygen atoms in total. The van der Waals surface area contributed by atoms with Crippen LogP contribution in [0.5, 0.6) is 11.5 Å². The lowest BCUT2D eigenvalue weighted by atomic mass is 10.3. The van der Waals surface area contributed by atoms with Gasteiger partial charge in [0, 0.05) is 0 Å². The minimum atomic E-state index is -4.01. The molecule has 2 aromatic carbocycles. The number of anilines is 1. The molecule has 0 aliphatic rings. The van der Waals surface area contributed by atoms with Crippen LogP contribution in [-0.4, -0.2) is 35.1 Å². The van der Waals surface area contributed by atoms with Crippen LogP contribution in [0.15, 0.2) is 53.4 Å². The SMILES string of the molecule is COc1ccc(S(=O)(=O)N(CC(N)=O)c2ccccc2OC)cc1. The Labute approximate surface area is 140 Å². The number of rotatable bonds is 7. The lowest BCUT2D eigenvalue weighted by Crippen LogP contribution is -2.38. The van der Waals surface area contributed by atoms with Crippen molar-refractivity contribution in [1.82, 2.24) is 0 Å². The Morgan fingerprint density at radius 2 is 1.67 bits per heavy atom. The molecule has 2 aromatic rings. The predicted octanol–water partition coefficient (Wildman–Crippen LogP) is 1.38. The number of primary amides is 1. The van der Waals surface area contributed by atoms with Gasteiger partial charge in [-0.25, -0.2) is 8.42 Å². The zero-order valence-corrected chi connectivity index (χ0v) is 14.1. The van der Waals surface area contributed by atoms with Crippen molar-refractivity contribution < 1.29 is 22.7 Å². The van der Waals surface area contributed by atoms with Crippen LogP contribution in [-0.2, 0) is 14.8 Å². The normalized spacial score (nSPS) is 10.9. The largest absolute Gasteiger partial charge is 0.497 e. The Balaban J connectivity index is 2.55. The van der Waals surface area contributed by atoms with Crippen LogP contribution in [0, 0.1) is 0 Å². The van der Waals surface area contributed by atoms with Gasteiger partial charge in [0.2, 0.25) is 5.91 Å². The van der Waals surface area contributed by atoms with Crippen molar-refractivity contribution >= 4 is 21.6 Å². The van der Waals surface area contributed by atoms with E-state index in [4.69, 9.17) is 15.2 Å². The second-order valence-corrected chi connectivity index (χ2v) is 6.69. The Kier molecular flexibility index (Phi) is 5.30. The predicted molar refractivity (Wildman–Crippen MR) is 89.7 cm³/mol. The molecule has 128 valence electrons. The smallest absolute Gasteiger partial charge is 0.264 e. The van der Waals surface area contributed by atoms with Gasteiger partial charge >= 0.3 is 0 Å². The molecular weight excluding hydrogens is 332 g/mol. The van der Waals surface area contributed by atoms with Gasteiger partial charge in [0.1, 0.15) is 18.0 Å². The van der Waals surface area contributed by atoms with Gasteiger partial charge < -0.3 is 15.2 Å². The molecule has 2 rings (SSSR count). The molecule has 8 heteroatoms. The number of sulfonamides is 1. The van der Waals surface area contributed by atoms with Crippen molar-refractivity contribution in [3.8, 4) is 11.5 Å². The van der Waals surface area contributed by atoms with E-state index < -0.39 is 22.5 Å². The quantitative estimate of drug-likeness (QED) is 0.813. The van der Waals surface area contributed by atoms with E-state index in [0.29, 0.717) is 11.5 Å². The molecule has 24 heavy (non-hydrogen) atoms. The fraction of sp³-hybridized carbons (Fsp3) is 0.188. The summed E-state index contributed by atoms with van der Waals surface area (Å²) in [5.74, 6) is 0.0570. The van der Waals surface area contributed by atoms with Crippen LogP contribution in [0.2, 0.25) is 0 Å². The van der Waals surface area contributed by atoms with Crippen LogP contribution in [0.25, 0.3) is 0 Å². The van der Waals surface area contributed by atoms with Crippen LogP contribution in [0.4, 0.5) is 5.69 Å². The van der Waals surface area contributed by atoms with Gasteiger partial charge in [-0.3, -0.25) is 9.10 Å². The average Bonchev–Trinajstić information content (AvgIpc) is 2.59. The number of nitrogens with zero attached hydrogens (tertiary/aromatic N) is 1. The lowest BCUT2D eigenvalue weighted by Gasteiger charge is -2.24. The van der Waals surface area contributed by atoms with Crippen molar-refractivity contribution in [2.24, 2.45) is 5.73 Å². The minimum absolute atomic E-state index is 0.00968. The van der Waals surface area contributed by atoms with Crippen LogP contribution in [0.3, 0.4) is 0 Å². The summed E-state index contributed by atoms with van der Waals surface area (Å²) in [5.41, 5.74) is 5.47. The molecule has 2 N–H and O–H groups in total. The van der Waals surface area contributed by atoms with E-state index in [1.54, 1.807) is 24.3 Å². The van der Waals surface area contributed by atoms with Gasteiger partial charge in [0.15, 0.2) is 0 Å². The molecule has 0 spiro atoms. The average molecular weight is 350 g/mol. The summed E-state index contributed by atoms with van der Waals surface area (Å²) >= 11 is 0. The van der Waals surface area contributed by atoms with Crippen molar-refractivity contribution in [3.63, 3.8) is 0 Å². The number of para-hydroxylation sites is 2. The van der Waals surface area contributed by atoms with Crippen LogP contribution < -0.4 is 19.5 Å². The summed E-state index contributed by atoms with van der Waals surface area (Å²) in [6, 6.07) is 12.3. The number of ether oxygens (including phenoxy) is 2. The zero-order chi connectivity index (χ0) is 17.7. The molecule has 0 fully saturated rings. The first-order chi connectivity index (χ1) is 11.4. The number of carbonyl (C=O) groups is 1. The molecule has 0 atom stereocenters. The van der Waals surface area contributed by atoms with Crippen molar-refractivity contribution in [2.75, 3.05) is 25.1 Å². The first-order valence-electron chi connectivity index (χ1n) is 6.98. The highest BCUT2D eigenvalue weighted by atomic mass is 32.2. The number of hydrogen-bond acceptors (Lipinski definition) is 5. The maximum absolute atomic E-state index is 13.0. The van der Waals surface area contributed by atoms with Crippen molar-refractivity contribution in [1.29, 1.82) is 0 Å². The zero-order valence-electron chi connectivity index (χ0n) is 13.3. The first-order valence-corrected chi connectivity index (χ1v) is 8.42.